The van der Waals surface area contributed by atoms with Crippen molar-refractivity contribution in [2.45, 2.75) is 44.3 Å². The highest BCUT2D eigenvalue weighted by molar-refractivity contribution is 7.10. The molecule has 2 rings (SSSR count). The lowest BCUT2D eigenvalue weighted by Crippen LogP contribution is -2.05. The molecule has 0 aliphatic carbocycles. The molecule has 0 aromatic carbocycles. The lowest BCUT2D eigenvalue weighted by molar-refractivity contribution is 0.0948. The maximum Gasteiger partial charge on any atom is 0.0882 e. The number of ether oxygens (including phenoxy) is 1. The lowest BCUT2D eigenvalue weighted by Gasteiger charge is -2.11. The molecule has 1 saturated heterocycles. The van der Waals surface area contributed by atoms with Crippen LogP contribution in [-0.2, 0) is 4.74 Å². The van der Waals surface area contributed by atoms with Crippen molar-refractivity contribution in [3.8, 4) is 0 Å². The zero-order chi connectivity index (χ0) is 10.5. The molecule has 0 saturated carbocycles. The largest absolute Gasteiger partial charge is 0.388 e. The summed E-state index contributed by atoms with van der Waals surface area (Å²) in [6.07, 6.45) is 5.62. The van der Waals surface area contributed by atoms with E-state index in [2.05, 4.69) is 0 Å². The van der Waals surface area contributed by atoms with Crippen molar-refractivity contribution in [3.05, 3.63) is 22.4 Å². The molecule has 1 aromatic rings. The monoisotopic (exact) mass is 226 g/mol. The van der Waals surface area contributed by atoms with Crippen molar-refractivity contribution in [3.63, 3.8) is 0 Å². The first-order valence-corrected chi connectivity index (χ1v) is 6.57. The maximum atomic E-state index is 9.85. The molecule has 2 atom stereocenters. The third-order valence-electron chi connectivity index (χ3n) is 2.90. The van der Waals surface area contributed by atoms with Crippen molar-refractivity contribution in [1.29, 1.82) is 0 Å². The normalized spacial score (nSPS) is 23.1. The Balaban J connectivity index is 1.65. The number of thiophene rings is 1. The molecular formula is C12H18O2S. The lowest BCUT2D eigenvalue weighted by atomic mass is 10.1. The van der Waals surface area contributed by atoms with Gasteiger partial charge in [0.25, 0.3) is 0 Å². The SMILES string of the molecule is OC(CCCC1CCCO1)c1cccs1. The summed E-state index contributed by atoms with van der Waals surface area (Å²) in [6.45, 7) is 0.929. The van der Waals surface area contributed by atoms with Crippen molar-refractivity contribution in [2.75, 3.05) is 6.61 Å². The Morgan fingerprint density at radius 2 is 2.53 bits per heavy atom. The van der Waals surface area contributed by atoms with Crippen LogP contribution in [0.15, 0.2) is 17.5 Å². The third kappa shape index (κ3) is 3.30. The smallest absolute Gasteiger partial charge is 0.0882 e. The molecule has 2 heterocycles. The van der Waals surface area contributed by atoms with Crippen LogP contribution in [0.4, 0.5) is 0 Å². The molecule has 84 valence electrons. The molecule has 1 aliphatic heterocycles. The van der Waals surface area contributed by atoms with Gasteiger partial charge in [-0.15, -0.1) is 11.3 Å². The molecule has 1 aromatic heterocycles. The predicted molar refractivity (Wildman–Crippen MR) is 62.1 cm³/mol. The molecule has 3 heteroatoms. The summed E-state index contributed by atoms with van der Waals surface area (Å²) < 4.78 is 5.55. The fraction of sp³-hybridized carbons (Fsp3) is 0.667. The Bertz CT molecular complexity index is 265. The van der Waals surface area contributed by atoms with Crippen LogP contribution in [0.2, 0.25) is 0 Å². The molecular weight excluding hydrogens is 208 g/mol. The van der Waals surface area contributed by atoms with Crippen molar-refractivity contribution >= 4 is 11.3 Å². The first-order valence-electron chi connectivity index (χ1n) is 5.69. The van der Waals surface area contributed by atoms with Gasteiger partial charge in [0.2, 0.25) is 0 Å². The summed E-state index contributed by atoms with van der Waals surface area (Å²) in [5.74, 6) is 0. The van der Waals surface area contributed by atoms with E-state index in [1.165, 1.54) is 12.8 Å². The van der Waals surface area contributed by atoms with Crippen molar-refractivity contribution < 1.29 is 9.84 Å². The summed E-state index contributed by atoms with van der Waals surface area (Å²) in [7, 11) is 0. The van der Waals surface area contributed by atoms with Gasteiger partial charge in [-0.2, -0.15) is 0 Å². The average molecular weight is 226 g/mol. The highest BCUT2D eigenvalue weighted by atomic mass is 32.1. The van der Waals surface area contributed by atoms with E-state index in [0.29, 0.717) is 6.10 Å². The van der Waals surface area contributed by atoms with Crippen LogP contribution in [0.5, 0.6) is 0 Å². The van der Waals surface area contributed by atoms with Gasteiger partial charge in [0.1, 0.15) is 0 Å². The second-order valence-electron chi connectivity index (χ2n) is 4.10. The van der Waals surface area contributed by atoms with E-state index in [-0.39, 0.29) is 6.10 Å². The van der Waals surface area contributed by atoms with Gasteiger partial charge >= 0.3 is 0 Å². The number of aliphatic hydroxyl groups is 1. The summed E-state index contributed by atoms with van der Waals surface area (Å²) in [5, 5.41) is 11.9. The first kappa shape index (κ1) is 11.1. The molecule has 0 spiro atoms. The zero-order valence-electron chi connectivity index (χ0n) is 8.89. The number of hydrogen-bond acceptors (Lipinski definition) is 3. The average Bonchev–Trinajstić information content (AvgIpc) is 2.90. The Morgan fingerprint density at radius 1 is 1.60 bits per heavy atom. The molecule has 0 radical (unpaired) electrons. The first-order chi connectivity index (χ1) is 7.36. The molecule has 15 heavy (non-hydrogen) atoms. The minimum Gasteiger partial charge on any atom is -0.388 e. The highest BCUT2D eigenvalue weighted by Crippen LogP contribution is 2.25. The van der Waals surface area contributed by atoms with E-state index in [9.17, 15) is 5.11 Å². The Morgan fingerprint density at radius 3 is 3.20 bits per heavy atom. The van der Waals surface area contributed by atoms with Gasteiger partial charge in [-0.3, -0.25) is 0 Å². The summed E-state index contributed by atoms with van der Waals surface area (Å²) in [6, 6.07) is 3.99. The van der Waals surface area contributed by atoms with Gasteiger partial charge in [-0.05, 0) is 43.6 Å². The van der Waals surface area contributed by atoms with Gasteiger partial charge in [0.05, 0.1) is 12.2 Å². The second kappa shape index (κ2) is 5.64. The minimum atomic E-state index is -0.272. The van der Waals surface area contributed by atoms with E-state index >= 15 is 0 Å². The number of rotatable bonds is 5. The molecule has 1 N–H and O–H groups in total. The Kier molecular flexibility index (Phi) is 4.18. The zero-order valence-corrected chi connectivity index (χ0v) is 9.71. The van der Waals surface area contributed by atoms with E-state index in [1.807, 2.05) is 17.5 Å². The summed E-state index contributed by atoms with van der Waals surface area (Å²) >= 11 is 1.63. The van der Waals surface area contributed by atoms with Crippen LogP contribution >= 0.6 is 11.3 Å². The van der Waals surface area contributed by atoms with Crippen molar-refractivity contribution in [2.24, 2.45) is 0 Å². The fourth-order valence-corrected chi connectivity index (χ4v) is 2.78. The van der Waals surface area contributed by atoms with Crippen LogP contribution in [0.3, 0.4) is 0 Å². The van der Waals surface area contributed by atoms with E-state index < -0.39 is 0 Å². The maximum absolute atomic E-state index is 9.85. The Labute approximate surface area is 94.9 Å². The molecule has 1 aliphatic rings. The van der Waals surface area contributed by atoms with Gasteiger partial charge in [0.15, 0.2) is 0 Å². The number of aliphatic hydroxyl groups excluding tert-OH is 1. The number of hydrogen-bond donors (Lipinski definition) is 1. The topological polar surface area (TPSA) is 29.5 Å². The van der Waals surface area contributed by atoms with Gasteiger partial charge < -0.3 is 9.84 Å². The molecule has 0 amide bonds. The standard InChI is InChI=1S/C12H18O2S/c13-11(12-7-3-9-15-12)6-1-4-10-5-2-8-14-10/h3,7,9-11,13H,1-2,4-6,8H2. The molecule has 1 fully saturated rings. The van der Waals surface area contributed by atoms with Crippen molar-refractivity contribution in [1.82, 2.24) is 0 Å². The Hall–Kier alpha value is -0.380. The van der Waals surface area contributed by atoms with E-state index in [1.54, 1.807) is 11.3 Å². The van der Waals surface area contributed by atoms with E-state index in [4.69, 9.17) is 4.74 Å². The van der Waals surface area contributed by atoms with Crippen LogP contribution in [0, 0.1) is 0 Å². The predicted octanol–water partition coefficient (Wildman–Crippen LogP) is 3.13. The van der Waals surface area contributed by atoms with Crippen LogP contribution in [0.25, 0.3) is 0 Å². The van der Waals surface area contributed by atoms with Crippen LogP contribution in [-0.4, -0.2) is 17.8 Å². The van der Waals surface area contributed by atoms with Gasteiger partial charge in [-0.25, -0.2) is 0 Å². The summed E-state index contributed by atoms with van der Waals surface area (Å²) in [4.78, 5) is 1.09. The second-order valence-corrected chi connectivity index (χ2v) is 5.08. The molecule has 0 bridgehead atoms. The van der Waals surface area contributed by atoms with Gasteiger partial charge in [-0.1, -0.05) is 6.07 Å². The van der Waals surface area contributed by atoms with Crippen LogP contribution < -0.4 is 0 Å². The van der Waals surface area contributed by atoms with Gasteiger partial charge in [0, 0.05) is 11.5 Å². The van der Waals surface area contributed by atoms with E-state index in [0.717, 1.165) is 30.7 Å². The third-order valence-corrected chi connectivity index (χ3v) is 3.87. The fourth-order valence-electron chi connectivity index (χ4n) is 2.03. The highest BCUT2D eigenvalue weighted by Gasteiger charge is 2.16. The quantitative estimate of drug-likeness (QED) is 0.836. The minimum absolute atomic E-state index is 0.272. The van der Waals surface area contributed by atoms with Crippen LogP contribution in [0.1, 0.15) is 43.1 Å². The molecule has 2 unspecified atom stereocenters. The molecule has 2 nitrogen and oxygen atoms in total. The summed E-state index contributed by atoms with van der Waals surface area (Å²) in [5.41, 5.74) is 0.